The van der Waals surface area contributed by atoms with Crippen LogP contribution in [-0.2, 0) is 0 Å². The van der Waals surface area contributed by atoms with E-state index >= 15 is 0 Å². The molecule has 0 unspecified atom stereocenters. The highest BCUT2D eigenvalue weighted by Gasteiger charge is 2.11. The van der Waals surface area contributed by atoms with E-state index in [1.54, 1.807) is 36.5 Å². The summed E-state index contributed by atoms with van der Waals surface area (Å²) in [4.78, 5) is 13.5. The summed E-state index contributed by atoms with van der Waals surface area (Å²) in [6.07, 6.45) is 1.78. The van der Waals surface area contributed by atoms with Crippen LogP contribution in [0.3, 0.4) is 0 Å². The number of phenols is 1. The molecule has 0 spiro atoms. The summed E-state index contributed by atoms with van der Waals surface area (Å²) in [5, 5.41) is 21.2. The molecule has 0 aliphatic carbocycles. The van der Waals surface area contributed by atoms with Gasteiger partial charge in [-0.1, -0.05) is 12.1 Å². The Labute approximate surface area is 108 Å². The second-order valence-electron chi connectivity index (χ2n) is 4.24. The lowest BCUT2D eigenvalue weighted by Crippen LogP contribution is -1.87. The molecule has 0 amide bonds. The standard InChI is InChI=1S/C14H10N2O3/c17-11-4-5-14-12(7-11)13(8-15-14)9-2-1-3-10(6-9)16(18)19/h1-8,15,17H. The average molecular weight is 254 g/mol. The Morgan fingerprint density at radius 3 is 2.79 bits per heavy atom. The van der Waals surface area contributed by atoms with Gasteiger partial charge in [-0.2, -0.15) is 0 Å². The molecule has 0 bridgehead atoms. The minimum Gasteiger partial charge on any atom is -0.508 e. The van der Waals surface area contributed by atoms with Gasteiger partial charge in [-0.05, 0) is 23.8 Å². The van der Waals surface area contributed by atoms with Crippen molar-refractivity contribution < 1.29 is 10.0 Å². The highest BCUT2D eigenvalue weighted by atomic mass is 16.6. The van der Waals surface area contributed by atoms with Crippen LogP contribution >= 0.6 is 0 Å². The van der Waals surface area contributed by atoms with Crippen molar-refractivity contribution in [3.8, 4) is 16.9 Å². The molecule has 2 N–H and O–H groups in total. The van der Waals surface area contributed by atoms with Crippen LogP contribution < -0.4 is 0 Å². The van der Waals surface area contributed by atoms with E-state index in [0.717, 1.165) is 22.0 Å². The molecule has 0 saturated heterocycles. The lowest BCUT2D eigenvalue weighted by atomic mass is 10.0. The Morgan fingerprint density at radius 1 is 1.16 bits per heavy atom. The minimum absolute atomic E-state index is 0.0482. The number of nitro groups is 1. The first-order valence-electron chi connectivity index (χ1n) is 5.70. The minimum atomic E-state index is -0.421. The SMILES string of the molecule is O=[N+]([O-])c1cccc(-c2c[nH]c3ccc(O)cc23)c1. The van der Waals surface area contributed by atoms with Crippen molar-refractivity contribution in [1.29, 1.82) is 0 Å². The van der Waals surface area contributed by atoms with Crippen LogP contribution in [-0.4, -0.2) is 15.0 Å². The average Bonchev–Trinajstić information content (AvgIpc) is 2.81. The molecule has 0 radical (unpaired) electrons. The molecule has 0 saturated carbocycles. The predicted octanol–water partition coefficient (Wildman–Crippen LogP) is 3.45. The zero-order valence-electron chi connectivity index (χ0n) is 9.83. The third-order valence-electron chi connectivity index (χ3n) is 3.03. The first-order valence-corrected chi connectivity index (χ1v) is 5.70. The summed E-state index contributed by atoms with van der Waals surface area (Å²) in [7, 11) is 0. The topological polar surface area (TPSA) is 79.2 Å². The molecule has 19 heavy (non-hydrogen) atoms. The van der Waals surface area contributed by atoms with Gasteiger partial charge in [0.05, 0.1) is 4.92 Å². The highest BCUT2D eigenvalue weighted by molar-refractivity contribution is 5.96. The molecule has 3 rings (SSSR count). The number of nitrogens with one attached hydrogen (secondary N) is 1. The van der Waals surface area contributed by atoms with Crippen molar-refractivity contribution in [1.82, 2.24) is 4.98 Å². The van der Waals surface area contributed by atoms with Crippen LogP contribution in [0.2, 0.25) is 0 Å². The molecular weight excluding hydrogens is 244 g/mol. The Hall–Kier alpha value is -2.82. The lowest BCUT2D eigenvalue weighted by molar-refractivity contribution is -0.384. The molecule has 1 aromatic heterocycles. The normalized spacial score (nSPS) is 10.7. The van der Waals surface area contributed by atoms with Crippen molar-refractivity contribution in [3.05, 3.63) is 58.8 Å². The Kier molecular flexibility index (Phi) is 2.45. The van der Waals surface area contributed by atoms with Crippen molar-refractivity contribution in [2.24, 2.45) is 0 Å². The van der Waals surface area contributed by atoms with E-state index in [4.69, 9.17) is 0 Å². The molecule has 94 valence electrons. The molecule has 0 atom stereocenters. The van der Waals surface area contributed by atoms with Gasteiger partial charge in [0.25, 0.3) is 5.69 Å². The van der Waals surface area contributed by atoms with Crippen LogP contribution in [0.1, 0.15) is 0 Å². The predicted molar refractivity (Wildman–Crippen MR) is 72.1 cm³/mol. The van der Waals surface area contributed by atoms with Gasteiger partial charge in [-0.3, -0.25) is 10.1 Å². The van der Waals surface area contributed by atoms with Crippen molar-refractivity contribution >= 4 is 16.6 Å². The van der Waals surface area contributed by atoms with Gasteiger partial charge in [-0.25, -0.2) is 0 Å². The molecule has 0 aliphatic heterocycles. The number of benzene rings is 2. The first-order chi connectivity index (χ1) is 9.15. The highest BCUT2D eigenvalue weighted by Crippen LogP contribution is 2.32. The number of fused-ring (bicyclic) bond motifs is 1. The molecular formula is C14H10N2O3. The van der Waals surface area contributed by atoms with E-state index in [2.05, 4.69) is 4.98 Å². The summed E-state index contributed by atoms with van der Waals surface area (Å²) < 4.78 is 0. The number of nitrogens with zero attached hydrogens (tertiary/aromatic N) is 1. The molecule has 0 fully saturated rings. The molecule has 5 nitrogen and oxygen atoms in total. The van der Waals surface area contributed by atoms with Crippen LogP contribution in [0, 0.1) is 10.1 Å². The summed E-state index contributed by atoms with van der Waals surface area (Å²) in [6.45, 7) is 0. The van der Waals surface area contributed by atoms with Crippen LogP contribution in [0.15, 0.2) is 48.7 Å². The van der Waals surface area contributed by atoms with Crippen molar-refractivity contribution in [2.75, 3.05) is 0 Å². The molecule has 5 heteroatoms. The number of non-ortho nitro benzene ring substituents is 1. The summed E-state index contributed by atoms with van der Waals surface area (Å²) in [6, 6.07) is 11.4. The Bertz CT molecular complexity index is 777. The molecule has 2 aromatic carbocycles. The largest absolute Gasteiger partial charge is 0.508 e. The number of H-pyrrole nitrogens is 1. The maximum Gasteiger partial charge on any atom is 0.270 e. The van der Waals surface area contributed by atoms with Gasteiger partial charge >= 0.3 is 0 Å². The maximum absolute atomic E-state index is 10.8. The monoisotopic (exact) mass is 254 g/mol. The quantitative estimate of drug-likeness (QED) is 0.543. The van der Waals surface area contributed by atoms with E-state index in [1.807, 2.05) is 0 Å². The number of phenolic OH excluding ortho intramolecular Hbond substituents is 1. The second-order valence-corrected chi connectivity index (χ2v) is 4.24. The smallest absolute Gasteiger partial charge is 0.270 e. The van der Waals surface area contributed by atoms with Crippen LogP contribution in [0.5, 0.6) is 5.75 Å². The van der Waals surface area contributed by atoms with Gasteiger partial charge in [-0.15, -0.1) is 0 Å². The van der Waals surface area contributed by atoms with Gasteiger partial charge < -0.3 is 10.1 Å². The molecule has 3 aromatic rings. The lowest BCUT2D eigenvalue weighted by Gasteiger charge is -2.00. The number of rotatable bonds is 2. The zero-order chi connectivity index (χ0) is 13.4. The zero-order valence-corrected chi connectivity index (χ0v) is 9.83. The van der Waals surface area contributed by atoms with Crippen molar-refractivity contribution in [3.63, 3.8) is 0 Å². The van der Waals surface area contributed by atoms with Crippen LogP contribution in [0.25, 0.3) is 22.0 Å². The third kappa shape index (κ3) is 1.91. The number of hydrogen-bond acceptors (Lipinski definition) is 3. The number of aromatic amines is 1. The van der Waals surface area contributed by atoms with Crippen LogP contribution in [0.4, 0.5) is 5.69 Å². The summed E-state index contributed by atoms with van der Waals surface area (Å²) in [5.74, 6) is 0.166. The number of nitro benzene ring substituents is 1. The van der Waals surface area contributed by atoms with Gasteiger partial charge in [0.2, 0.25) is 0 Å². The number of hydrogen-bond donors (Lipinski definition) is 2. The van der Waals surface area contributed by atoms with Gasteiger partial charge in [0.1, 0.15) is 5.75 Å². The third-order valence-corrected chi connectivity index (χ3v) is 3.03. The summed E-state index contributed by atoms with van der Waals surface area (Å²) in [5.41, 5.74) is 2.49. The van der Waals surface area contributed by atoms with Gasteiger partial charge in [0, 0.05) is 34.8 Å². The fourth-order valence-corrected chi connectivity index (χ4v) is 2.13. The maximum atomic E-state index is 10.8. The summed E-state index contributed by atoms with van der Waals surface area (Å²) >= 11 is 0. The van der Waals surface area contributed by atoms with E-state index < -0.39 is 4.92 Å². The van der Waals surface area contributed by atoms with E-state index in [-0.39, 0.29) is 11.4 Å². The van der Waals surface area contributed by atoms with E-state index in [1.165, 1.54) is 12.1 Å². The molecule has 0 aliphatic rings. The van der Waals surface area contributed by atoms with Gasteiger partial charge in [0.15, 0.2) is 0 Å². The Morgan fingerprint density at radius 2 is 2.00 bits per heavy atom. The fourth-order valence-electron chi connectivity index (χ4n) is 2.13. The number of aromatic nitrogens is 1. The van der Waals surface area contributed by atoms with E-state index in [9.17, 15) is 15.2 Å². The first kappa shape index (κ1) is 11.3. The molecule has 1 heterocycles. The fraction of sp³-hybridized carbons (Fsp3) is 0. The van der Waals surface area contributed by atoms with E-state index in [0.29, 0.717) is 0 Å². The van der Waals surface area contributed by atoms with Crippen molar-refractivity contribution in [2.45, 2.75) is 0 Å². The number of aromatic hydroxyl groups is 1. The Balaban J connectivity index is 2.21. The second kappa shape index (κ2) is 4.13.